The van der Waals surface area contributed by atoms with Crippen molar-refractivity contribution in [2.24, 2.45) is 35.5 Å². The number of aliphatic carboxylic acids is 5. The summed E-state index contributed by atoms with van der Waals surface area (Å²) in [6.07, 6.45) is -6.17. The van der Waals surface area contributed by atoms with Gasteiger partial charge in [0.25, 0.3) is 12.4 Å². The number of likely N-dealkylation sites (tertiary alicyclic amines) is 1. The van der Waals surface area contributed by atoms with Crippen LogP contribution in [0.4, 0.5) is 9.59 Å². The maximum atomic E-state index is 15.1. The normalized spacial score (nSPS) is 15.6. The van der Waals surface area contributed by atoms with Crippen molar-refractivity contribution in [3.05, 3.63) is 81.8 Å². The van der Waals surface area contributed by atoms with Crippen LogP contribution in [-0.2, 0) is 104 Å². The molecule has 0 aliphatic carbocycles. The zero-order valence-electron chi connectivity index (χ0n) is 68.8. The predicted octanol–water partition coefficient (Wildman–Crippen LogP) is 6.29. The number of esters is 2. The second-order valence-electron chi connectivity index (χ2n) is 29.8. The van der Waals surface area contributed by atoms with E-state index < -0.39 is 219 Å². The quantitative estimate of drug-likeness (QED) is 0.00561. The molecule has 4 rings (SSSR count). The third-order valence-corrected chi connectivity index (χ3v) is 23.3. The number of ether oxygens (including phenoxy) is 4. The lowest BCUT2D eigenvalue weighted by Crippen LogP contribution is -2.50. The second kappa shape index (κ2) is 53.8. The number of likely N-dealkylation sites (N-methyl/N-ethyl adjacent to an activating group) is 1. The summed E-state index contributed by atoms with van der Waals surface area (Å²) in [6.45, 7) is 12.1. The zero-order valence-corrected chi connectivity index (χ0v) is 71.3. The Kier molecular flexibility index (Phi) is 45.6. The highest BCUT2D eigenvalue weighted by Gasteiger charge is 2.41. The van der Waals surface area contributed by atoms with Crippen molar-refractivity contribution in [2.45, 2.75) is 225 Å². The number of nitrogens with zero attached hydrogens (tertiary/aromatic N) is 3. The van der Waals surface area contributed by atoms with E-state index in [1.807, 2.05) is 51.9 Å². The number of thiazole rings is 1. The molecule has 668 valence electrons. The topological polar surface area (TPSA) is 569 Å². The Morgan fingerprint density at radius 1 is 0.678 bits per heavy atom. The van der Waals surface area contributed by atoms with Gasteiger partial charge in [0.2, 0.25) is 23.6 Å². The molecule has 38 nitrogen and oxygen atoms in total. The molecule has 1 aliphatic heterocycles. The Bertz CT molecular complexity index is 4010. The summed E-state index contributed by atoms with van der Waals surface area (Å²) in [5, 5.41) is 71.8. The number of hydrogen-bond acceptors (Lipinski definition) is 28. The molecule has 3 aromatic rings. The summed E-state index contributed by atoms with van der Waals surface area (Å²) >= 11 is 1.02. The number of aromatic hydroxyl groups is 1. The summed E-state index contributed by atoms with van der Waals surface area (Å²) in [5.74, 6) is -19.9. The first-order valence-corrected chi connectivity index (χ1v) is 43.0. The predicted molar refractivity (Wildman–Crippen MR) is 437 cm³/mol. The average Bonchev–Trinajstić information content (AvgIpc) is 1.80. The number of ketones is 3. The Labute approximate surface area is 711 Å². The number of aromatic nitrogens is 1. The Morgan fingerprint density at radius 3 is 1.96 bits per heavy atom. The number of carboxylic acids is 5. The summed E-state index contributed by atoms with van der Waals surface area (Å²) < 4.78 is 21.4. The zero-order chi connectivity index (χ0) is 90.0. The van der Waals surface area contributed by atoms with Crippen LogP contribution >= 0.6 is 32.9 Å². The third kappa shape index (κ3) is 38.2. The Balaban J connectivity index is 1.36. The highest BCUT2D eigenvalue weighted by Crippen LogP contribution is 2.35. The van der Waals surface area contributed by atoms with Crippen LogP contribution < -0.4 is 37.4 Å². The van der Waals surface area contributed by atoms with E-state index in [0.717, 1.165) is 52.3 Å². The van der Waals surface area contributed by atoms with Crippen LogP contribution in [0.1, 0.15) is 197 Å². The largest absolute Gasteiger partial charge is 0.508 e. The van der Waals surface area contributed by atoms with Crippen molar-refractivity contribution in [3.8, 4) is 5.75 Å². The van der Waals surface area contributed by atoms with Crippen LogP contribution in [0.3, 0.4) is 0 Å². The van der Waals surface area contributed by atoms with E-state index in [-0.39, 0.29) is 110 Å². The van der Waals surface area contributed by atoms with E-state index in [9.17, 15) is 107 Å². The number of rotatable bonds is 57. The molecule has 121 heavy (non-hydrogen) atoms. The van der Waals surface area contributed by atoms with Gasteiger partial charge in [0, 0.05) is 99.1 Å². The Morgan fingerprint density at radius 2 is 1.35 bits per heavy atom. The summed E-state index contributed by atoms with van der Waals surface area (Å²) in [5.41, 5.74) is 5.52. The molecule has 13 atom stereocenters. The van der Waals surface area contributed by atoms with Crippen LogP contribution in [0.2, 0.25) is 0 Å². The number of nitrogens with one attached hydrogen (secondary N) is 7. The first kappa shape index (κ1) is 103. The van der Waals surface area contributed by atoms with E-state index >= 15 is 4.79 Å². The fraction of sp³-hybridized carbons (Fsp3) is 0.588. The van der Waals surface area contributed by atoms with Crippen LogP contribution in [0.5, 0.6) is 5.75 Å². The van der Waals surface area contributed by atoms with Crippen molar-refractivity contribution in [2.75, 3.05) is 38.4 Å². The minimum Gasteiger partial charge on any atom is -0.508 e. The van der Waals surface area contributed by atoms with E-state index in [2.05, 4.69) is 41.8 Å². The number of phenolic OH excluding ortho intramolecular Hbond substituents is 1. The molecule has 0 radical (unpaired) electrons. The highest BCUT2D eigenvalue weighted by atomic mass is 33.1. The van der Waals surface area contributed by atoms with Gasteiger partial charge in [-0.1, -0.05) is 118 Å². The van der Waals surface area contributed by atoms with Gasteiger partial charge >= 0.3 is 53.9 Å². The number of Topliss-reactive ketones (excluding diaryl/α,β-unsaturated/α-hetero) is 3. The van der Waals surface area contributed by atoms with Crippen LogP contribution in [0.15, 0.2) is 60.0 Å². The minimum absolute atomic E-state index is 0.0279. The number of carboxylic acid groups (broad SMARTS) is 5. The summed E-state index contributed by atoms with van der Waals surface area (Å²) in [4.78, 5) is 241. The molecular weight excluding hydrogens is 1650 g/mol. The van der Waals surface area contributed by atoms with Gasteiger partial charge in [0.05, 0.1) is 36.8 Å². The van der Waals surface area contributed by atoms with Gasteiger partial charge in [-0.25, -0.2) is 29.6 Å². The molecule has 13 N–H and O–H groups in total. The maximum Gasteiger partial charge on any atom is 0.426 e. The number of hydrogen-bond donors (Lipinski definition) is 13. The fourth-order valence-corrected chi connectivity index (χ4v) is 16.1. The summed E-state index contributed by atoms with van der Waals surface area (Å²) in [6, 6.07) is 6.08. The fourth-order valence-electron chi connectivity index (χ4n) is 13.1. The lowest BCUT2D eigenvalue weighted by molar-refractivity contribution is -0.162. The summed E-state index contributed by atoms with van der Waals surface area (Å²) in [7, 11) is 3.96. The first-order chi connectivity index (χ1) is 57.3. The lowest BCUT2D eigenvalue weighted by atomic mass is 9.82. The standard InChI is InChI=1S/C80H112N10O28S3/c1-9-16-70(102)116-43-90(75(106)56(46(5)10-2)39-64(96)61-19-14-15-30-89(61)8)62(45(3)4)40-65(118-48(7)92)74-84-60(42-119-74)73(105)81-53(34-50-20-22-54(93)23-21-50)33-47(6)71(103)87-88-80(114)115-31-32-120-121-41-52(76(107)108)37-63(95)59(35-49-17-12-11-13-18-49)83-72(104)51(38-69(100)101)36-55(94)24-25-57(77(109)110)82-66(97)27-26-58(78(111)112)85-79(113)86-67(117-44-91)28-29-68(98)99/h11-13,17-18,20-23,42,44-47,51-53,56-59,61-62,65,67,93H,9-10,14-16,19,24-41,43H2,1-8H3,(H,81,105)(H,82,97)(H,83,104)(H,87,103)(H,88,114)(H,98,99)(H,100,101)(H,107,108)(H,109,110)(H,111,112)(H2,85,86,113)/t46?,47-,51-,52-,53+,56-,57-,58-,59-,61+,62+,65+,67+/m0/s1. The first-order valence-electron chi connectivity index (χ1n) is 39.7. The number of carbonyl (C=O) groups excluding carboxylic acids is 13. The van der Waals surface area contributed by atoms with Crippen molar-refractivity contribution in [1.29, 1.82) is 0 Å². The van der Waals surface area contributed by atoms with Crippen LogP contribution in [0.25, 0.3) is 0 Å². The smallest absolute Gasteiger partial charge is 0.426 e. The van der Waals surface area contributed by atoms with Gasteiger partial charge in [-0.3, -0.25) is 77.4 Å². The van der Waals surface area contributed by atoms with Crippen LogP contribution in [-0.4, -0.2) is 234 Å². The average molecular weight is 1760 g/mol. The molecule has 1 aliphatic rings. The molecular formula is C80H112N10O28S3. The van der Waals surface area contributed by atoms with Gasteiger partial charge in [-0.2, -0.15) is 0 Å². The molecule has 0 saturated carbocycles. The Hall–Kier alpha value is -10.8. The number of urea groups is 1. The van der Waals surface area contributed by atoms with E-state index in [0.29, 0.717) is 30.4 Å². The van der Waals surface area contributed by atoms with Crippen molar-refractivity contribution >= 4 is 140 Å². The highest BCUT2D eigenvalue weighted by molar-refractivity contribution is 8.76. The lowest BCUT2D eigenvalue weighted by Gasteiger charge is -2.39. The van der Waals surface area contributed by atoms with Crippen LogP contribution in [0, 0.1) is 35.5 Å². The molecule has 8 amide bonds. The van der Waals surface area contributed by atoms with Crippen molar-refractivity contribution in [1.82, 2.24) is 52.2 Å². The van der Waals surface area contributed by atoms with E-state index in [1.165, 1.54) is 36.3 Å². The molecule has 1 aromatic heterocycles. The van der Waals surface area contributed by atoms with Gasteiger partial charge in [-0.05, 0) is 100 Å². The molecule has 1 saturated heterocycles. The van der Waals surface area contributed by atoms with E-state index in [1.54, 1.807) is 42.5 Å². The molecule has 1 unspecified atom stereocenters. The third-order valence-electron chi connectivity index (χ3n) is 19.9. The number of piperidine rings is 1. The molecule has 0 spiro atoms. The molecule has 41 heteroatoms. The van der Waals surface area contributed by atoms with Crippen molar-refractivity contribution < 1.29 is 136 Å². The van der Waals surface area contributed by atoms with Gasteiger partial charge in [-0.15, -0.1) is 11.3 Å². The maximum absolute atomic E-state index is 15.1. The minimum atomic E-state index is -1.79. The molecule has 0 bridgehead atoms. The van der Waals surface area contributed by atoms with Gasteiger partial charge in [0.1, 0.15) is 40.9 Å². The monoisotopic (exact) mass is 1760 g/mol. The SMILES string of the molecule is CCCC(=O)OCN(C(=O)[C@@H](CC(=O)[C@H]1CCCCN1C)C(C)CC)[C@H](C[C@@H](OC(C)=O)c1nc(C(=O)N[C@@H](Cc2ccc(O)cc2)C[C@H](C)C(=O)NNC(=O)OCCSSC[C@H](CC(=O)[C@H](Cc2ccccc2)NC(=O)[C@H](CC(=O)O)CC(=O)CC[C@H](NC(=O)CC[C@H](NC(=O)N[C@@H](CCC(=O)O)OC=O)C(=O)O)C(=O)O)C(=O)O)cs1)C(C)C. The number of hydrazine groups is 1. The molecule has 2 aromatic carbocycles. The number of amides is 8. The van der Waals surface area contributed by atoms with Gasteiger partial charge < -0.3 is 81.1 Å². The molecule has 1 fully saturated rings. The number of benzene rings is 2. The van der Waals surface area contributed by atoms with Crippen molar-refractivity contribution in [3.63, 3.8) is 0 Å². The second-order valence-corrected chi connectivity index (χ2v) is 33.3. The van der Waals surface area contributed by atoms with Gasteiger partial charge in [0.15, 0.2) is 30.6 Å². The molecule has 2 heterocycles. The number of carbonyl (C=O) groups is 18. The number of phenols is 1. The van der Waals surface area contributed by atoms with E-state index in [4.69, 9.17) is 19.3 Å².